The molecule has 0 amide bonds. The molecular weight excluding hydrogens is 260 g/mol. The Morgan fingerprint density at radius 1 is 1.00 bits per heavy atom. The molecule has 1 rings (SSSR count). The molecule has 0 bridgehead atoms. The number of rotatable bonds is 8. The van der Waals surface area contributed by atoms with Gasteiger partial charge in [0.1, 0.15) is 0 Å². The highest BCUT2D eigenvalue weighted by Crippen LogP contribution is 2.35. The van der Waals surface area contributed by atoms with Gasteiger partial charge in [-0.25, -0.2) is 4.79 Å². The lowest BCUT2D eigenvalue weighted by atomic mass is 10.1. The zero-order valence-corrected chi connectivity index (χ0v) is 11.8. The molecule has 0 saturated carbocycles. The smallest absolute Gasteiger partial charge is 0.338 e. The van der Waals surface area contributed by atoms with Gasteiger partial charge in [-0.15, -0.1) is 0 Å². The first-order valence-corrected chi connectivity index (χ1v) is 6.98. The summed E-state index contributed by atoms with van der Waals surface area (Å²) in [5.41, 5.74) is 0.0174. The SMILES string of the molecule is CCCCCCCCOC(=O)c1cc(O)c(O)c(O)c1. The van der Waals surface area contributed by atoms with E-state index in [1.54, 1.807) is 0 Å². The second-order valence-electron chi connectivity index (χ2n) is 4.77. The number of unbranched alkanes of at least 4 members (excludes halogenated alkanes) is 5. The zero-order chi connectivity index (χ0) is 15.0. The topological polar surface area (TPSA) is 87.0 Å². The van der Waals surface area contributed by atoms with Gasteiger partial charge in [0.2, 0.25) is 0 Å². The van der Waals surface area contributed by atoms with Crippen molar-refractivity contribution >= 4 is 5.97 Å². The third kappa shape index (κ3) is 4.99. The van der Waals surface area contributed by atoms with Crippen LogP contribution in [-0.2, 0) is 4.74 Å². The molecule has 0 radical (unpaired) electrons. The average molecular weight is 282 g/mol. The monoisotopic (exact) mass is 282 g/mol. The predicted octanol–water partition coefficient (Wildman–Crippen LogP) is 3.32. The second kappa shape index (κ2) is 8.30. The van der Waals surface area contributed by atoms with E-state index in [0.29, 0.717) is 6.61 Å². The van der Waals surface area contributed by atoms with Crippen LogP contribution in [0.5, 0.6) is 17.2 Å². The molecule has 0 unspecified atom stereocenters. The Kier molecular flexibility index (Phi) is 6.70. The van der Waals surface area contributed by atoms with E-state index >= 15 is 0 Å². The molecule has 112 valence electrons. The maximum atomic E-state index is 11.7. The molecule has 0 fully saturated rings. The second-order valence-corrected chi connectivity index (χ2v) is 4.77. The molecule has 0 aliphatic rings. The molecular formula is C15H22O5. The molecule has 5 nitrogen and oxygen atoms in total. The number of ether oxygens (including phenoxy) is 1. The molecule has 0 aliphatic heterocycles. The summed E-state index contributed by atoms with van der Waals surface area (Å²) in [6, 6.07) is 2.14. The number of carbonyl (C=O) groups is 1. The maximum Gasteiger partial charge on any atom is 0.338 e. The highest BCUT2D eigenvalue weighted by Gasteiger charge is 2.14. The van der Waals surface area contributed by atoms with Crippen molar-refractivity contribution in [2.45, 2.75) is 45.4 Å². The fraction of sp³-hybridized carbons (Fsp3) is 0.533. The van der Waals surface area contributed by atoms with Crippen molar-refractivity contribution in [1.29, 1.82) is 0 Å². The van der Waals surface area contributed by atoms with Gasteiger partial charge in [0.25, 0.3) is 0 Å². The fourth-order valence-corrected chi connectivity index (χ4v) is 1.85. The summed E-state index contributed by atoms with van der Waals surface area (Å²) in [4.78, 5) is 11.7. The highest BCUT2D eigenvalue weighted by atomic mass is 16.5. The first kappa shape index (κ1) is 16.1. The van der Waals surface area contributed by atoms with Gasteiger partial charge in [0.15, 0.2) is 17.2 Å². The van der Waals surface area contributed by atoms with Gasteiger partial charge >= 0.3 is 5.97 Å². The number of carbonyl (C=O) groups excluding carboxylic acids is 1. The minimum Gasteiger partial charge on any atom is -0.504 e. The van der Waals surface area contributed by atoms with Crippen LogP contribution in [0.3, 0.4) is 0 Å². The third-order valence-corrected chi connectivity index (χ3v) is 3.04. The average Bonchev–Trinajstić information content (AvgIpc) is 2.43. The number of phenols is 3. The van der Waals surface area contributed by atoms with Gasteiger partial charge in [0.05, 0.1) is 12.2 Å². The van der Waals surface area contributed by atoms with Gasteiger partial charge in [-0.3, -0.25) is 0 Å². The zero-order valence-electron chi connectivity index (χ0n) is 11.8. The van der Waals surface area contributed by atoms with Crippen molar-refractivity contribution < 1.29 is 24.9 Å². The summed E-state index contributed by atoms with van der Waals surface area (Å²) in [6.45, 7) is 2.47. The summed E-state index contributed by atoms with van der Waals surface area (Å²) in [5, 5.41) is 27.8. The largest absolute Gasteiger partial charge is 0.504 e. The molecule has 1 aromatic carbocycles. The standard InChI is InChI=1S/C15H22O5/c1-2-3-4-5-6-7-8-20-15(19)11-9-12(16)14(18)13(17)10-11/h9-10,16-18H,2-8H2,1H3. The van der Waals surface area contributed by atoms with Crippen LogP contribution in [0, 0.1) is 0 Å². The maximum absolute atomic E-state index is 11.7. The summed E-state index contributed by atoms with van der Waals surface area (Å²) in [5.74, 6) is -2.35. The Balaban J connectivity index is 2.33. The normalized spacial score (nSPS) is 10.4. The van der Waals surface area contributed by atoms with E-state index in [9.17, 15) is 20.1 Å². The van der Waals surface area contributed by atoms with Crippen LogP contribution in [-0.4, -0.2) is 27.9 Å². The first-order valence-electron chi connectivity index (χ1n) is 6.98. The van der Waals surface area contributed by atoms with E-state index < -0.39 is 23.2 Å². The van der Waals surface area contributed by atoms with Gasteiger partial charge in [-0.1, -0.05) is 39.0 Å². The molecule has 0 spiro atoms. The van der Waals surface area contributed by atoms with Crippen molar-refractivity contribution in [2.75, 3.05) is 6.61 Å². The third-order valence-electron chi connectivity index (χ3n) is 3.04. The Labute approximate surface area is 118 Å². The Hall–Kier alpha value is -1.91. The highest BCUT2D eigenvalue weighted by molar-refractivity contribution is 5.91. The molecule has 0 aromatic heterocycles. The van der Waals surface area contributed by atoms with Crippen LogP contribution in [0.25, 0.3) is 0 Å². The van der Waals surface area contributed by atoms with E-state index in [-0.39, 0.29) is 5.56 Å². The van der Waals surface area contributed by atoms with Crippen LogP contribution < -0.4 is 0 Å². The van der Waals surface area contributed by atoms with Crippen LogP contribution >= 0.6 is 0 Å². The van der Waals surface area contributed by atoms with E-state index in [1.165, 1.54) is 19.3 Å². The van der Waals surface area contributed by atoms with Gasteiger partial charge in [-0.05, 0) is 18.6 Å². The van der Waals surface area contributed by atoms with Crippen LogP contribution in [0.15, 0.2) is 12.1 Å². The number of aromatic hydroxyl groups is 3. The fourth-order valence-electron chi connectivity index (χ4n) is 1.85. The van der Waals surface area contributed by atoms with Gasteiger partial charge in [0, 0.05) is 0 Å². The summed E-state index contributed by atoms with van der Waals surface area (Å²) >= 11 is 0. The number of phenolic OH excluding ortho intramolecular Hbond substituents is 3. The lowest BCUT2D eigenvalue weighted by molar-refractivity contribution is 0.0496. The van der Waals surface area contributed by atoms with Crippen molar-refractivity contribution in [3.63, 3.8) is 0 Å². The van der Waals surface area contributed by atoms with Crippen molar-refractivity contribution in [2.24, 2.45) is 0 Å². The van der Waals surface area contributed by atoms with Crippen LogP contribution in [0.1, 0.15) is 55.8 Å². The molecule has 20 heavy (non-hydrogen) atoms. The first-order chi connectivity index (χ1) is 9.56. The summed E-state index contributed by atoms with van der Waals surface area (Å²) in [7, 11) is 0. The Bertz CT molecular complexity index is 419. The van der Waals surface area contributed by atoms with Crippen LogP contribution in [0.2, 0.25) is 0 Å². The van der Waals surface area contributed by atoms with Crippen molar-refractivity contribution in [1.82, 2.24) is 0 Å². The Morgan fingerprint density at radius 2 is 1.55 bits per heavy atom. The molecule has 0 heterocycles. The molecule has 0 saturated heterocycles. The number of hydrogen-bond donors (Lipinski definition) is 3. The molecule has 1 aromatic rings. The molecule has 5 heteroatoms. The lowest BCUT2D eigenvalue weighted by Gasteiger charge is -2.07. The van der Waals surface area contributed by atoms with Crippen LogP contribution in [0.4, 0.5) is 0 Å². The molecule has 3 N–H and O–H groups in total. The minimum atomic E-state index is -0.641. The number of hydrogen-bond acceptors (Lipinski definition) is 5. The van der Waals surface area contributed by atoms with Crippen molar-refractivity contribution in [3.8, 4) is 17.2 Å². The summed E-state index contributed by atoms with van der Waals surface area (Å²) in [6.07, 6.45) is 6.57. The van der Waals surface area contributed by atoms with E-state index in [0.717, 1.165) is 31.4 Å². The quantitative estimate of drug-likeness (QED) is 0.387. The van der Waals surface area contributed by atoms with Gasteiger partial charge < -0.3 is 20.1 Å². The summed E-state index contributed by atoms with van der Waals surface area (Å²) < 4.78 is 5.04. The van der Waals surface area contributed by atoms with Crippen molar-refractivity contribution in [3.05, 3.63) is 17.7 Å². The van der Waals surface area contributed by atoms with E-state index in [4.69, 9.17) is 4.74 Å². The van der Waals surface area contributed by atoms with Gasteiger partial charge in [-0.2, -0.15) is 0 Å². The molecule has 0 atom stereocenters. The number of benzene rings is 1. The van der Waals surface area contributed by atoms with E-state index in [2.05, 4.69) is 6.92 Å². The molecule has 0 aliphatic carbocycles. The van der Waals surface area contributed by atoms with E-state index in [1.807, 2.05) is 0 Å². The Morgan fingerprint density at radius 3 is 2.15 bits per heavy atom. The predicted molar refractivity (Wildman–Crippen MR) is 75.1 cm³/mol. The number of esters is 1. The minimum absolute atomic E-state index is 0.0174. The lowest BCUT2D eigenvalue weighted by Crippen LogP contribution is -2.06.